The Labute approximate surface area is 113 Å². The Hall–Kier alpha value is -1.46. The van der Waals surface area contributed by atoms with Gasteiger partial charge in [-0.25, -0.2) is 0 Å². The second-order valence-corrected chi connectivity index (χ2v) is 5.13. The lowest BCUT2D eigenvalue weighted by Crippen LogP contribution is -2.28. The molecule has 0 bridgehead atoms. The number of non-ortho nitro benzene ring substituents is 1. The highest BCUT2D eigenvalue weighted by Crippen LogP contribution is 2.36. The molecule has 1 aliphatic heterocycles. The van der Waals surface area contributed by atoms with Crippen LogP contribution in [0.2, 0.25) is 0 Å². The molecule has 1 saturated heterocycles. The lowest BCUT2D eigenvalue weighted by atomic mass is 9.93. The van der Waals surface area contributed by atoms with Crippen molar-refractivity contribution in [1.82, 2.24) is 10.2 Å². The summed E-state index contributed by atoms with van der Waals surface area (Å²) in [7, 11) is 2.09. The monoisotopic (exact) mass is 263 g/mol. The number of nitro groups is 1. The fourth-order valence-electron chi connectivity index (χ4n) is 2.92. The van der Waals surface area contributed by atoms with Gasteiger partial charge in [-0.2, -0.15) is 0 Å². The zero-order valence-electron chi connectivity index (χ0n) is 11.5. The molecule has 0 spiro atoms. The van der Waals surface area contributed by atoms with Crippen LogP contribution in [0.1, 0.15) is 24.9 Å². The van der Waals surface area contributed by atoms with Gasteiger partial charge in [0, 0.05) is 18.2 Å². The lowest BCUT2D eigenvalue weighted by Gasteiger charge is -2.25. The largest absolute Gasteiger partial charge is 0.317 e. The van der Waals surface area contributed by atoms with Gasteiger partial charge in [0.15, 0.2) is 0 Å². The van der Waals surface area contributed by atoms with E-state index in [1.54, 1.807) is 18.2 Å². The first-order valence-corrected chi connectivity index (χ1v) is 6.78. The molecule has 19 heavy (non-hydrogen) atoms. The minimum atomic E-state index is -0.322. The molecule has 0 aliphatic carbocycles. The second kappa shape index (κ2) is 6.12. The summed E-state index contributed by atoms with van der Waals surface area (Å²) in [5.41, 5.74) is 1.23. The van der Waals surface area contributed by atoms with Crippen LogP contribution < -0.4 is 5.32 Å². The summed E-state index contributed by atoms with van der Waals surface area (Å²) in [5, 5.41) is 14.3. The van der Waals surface area contributed by atoms with E-state index in [4.69, 9.17) is 0 Å². The van der Waals surface area contributed by atoms with Crippen LogP contribution in [0.15, 0.2) is 24.3 Å². The van der Waals surface area contributed by atoms with Gasteiger partial charge >= 0.3 is 0 Å². The van der Waals surface area contributed by atoms with Crippen molar-refractivity contribution in [3.63, 3.8) is 0 Å². The molecule has 0 radical (unpaired) electrons. The van der Waals surface area contributed by atoms with E-state index in [1.165, 1.54) is 0 Å². The van der Waals surface area contributed by atoms with Gasteiger partial charge in [-0.05, 0) is 44.6 Å². The van der Waals surface area contributed by atoms with Gasteiger partial charge in [0.1, 0.15) is 0 Å². The number of rotatable bonds is 5. The average molecular weight is 263 g/mol. The number of benzene rings is 1. The maximum atomic E-state index is 10.9. The topological polar surface area (TPSA) is 58.4 Å². The molecule has 2 rings (SSSR count). The van der Waals surface area contributed by atoms with Gasteiger partial charge in [-0.15, -0.1) is 0 Å². The summed E-state index contributed by atoms with van der Waals surface area (Å²) in [6.07, 6.45) is 1.14. The van der Waals surface area contributed by atoms with E-state index in [2.05, 4.69) is 24.2 Å². The maximum Gasteiger partial charge on any atom is 0.269 e. The number of hydrogen-bond acceptors (Lipinski definition) is 4. The molecule has 5 heteroatoms. The Balaban J connectivity index is 2.21. The van der Waals surface area contributed by atoms with Crippen molar-refractivity contribution in [1.29, 1.82) is 0 Å². The first kappa shape index (κ1) is 14.0. The van der Waals surface area contributed by atoms with Crippen LogP contribution in [0.4, 0.5) is 5.69 Å². The van der Waals surface area contributed by atoms with Crippen LogP contribution in [0.25, 0.3) is 0 Å². The molecule has 1 aromatic carbocycles. The van der Waals surface area contributed by atoms with Crippen LogP contribution in [-0.4, -0.2) is 36.5 Å². The Bertz CT molecular complexity index is 450. The highest BCUT2D eigenvalue weighted by atomic mass is 16.6. The standard InChI is InChI=1S/C14H21N3O2/c1-3-15-10-12-7-8-16(2)14(12)11-5-4-6-13(9-11)17(18)19/h4-6,9,12,14-15H,3,7-8,10H2,1-2H3. The van der Waals surface area contributed by atoms with E-state index in [0.717, 1.165) is 31.6 Å². The zero-order chi connectivity index (χ0) is 13.8. The molecule has 1 aromatic rings. The molecule has 0 amide bonds. The molecule has 1 N–H and O–H groups in total. The minimum absolute atomic E-state index is 0.181. The third-order valence-electron chi connectivity index (χ3n) is 3.85. The van der Waals surface area contributed by atoms with Crippen LogP contribution >= 0.6 is 0 Å². The van der Waals surface area contributed by atoms with Gasteiger partial charge in [0.05, 0.1) is 4.92 Å². The normalized spacial score (nSPS) is 23.7. The molecule has 2 unspecified atom stereocenters. The van der Waals surface area contributed by atoms with Gasteiger partial charge in [-0.1, -0.05) is 19.1 Å². The molecule has 1 fully saturated rings. The fraction of sp³-hybridized carbons (Fsp3) is 0.571. The summed E-state index contributed by atoms with van der Waals surface area (Å²) in [4.78, 5) is 12.9. The van der Waals surface area contributed by atoms with E-state index in [-0.39, 0.29) is 16.7 Å². The maximum absolute atomic E-state index is 10.9. The van der Waals surface area contributed by atoms with Crippen molar-refractivity contribution in [2.45, 2.75) is 19.4 Å². The molecule has 0 saturated carbocycles. The number of hydrogen-bond donors (Lipinski definition) is 1. The first-order valence-electron chi connectivity index (χ1n) is 6.78. The van der Waals surface area contributed by atoms with Gasteiger partial charge in [0.2, 0.25) is 0 Å². The summed E-state index contributed by atoms with van der Waals surface area (Å²) in [5.74, 6) is 0.520. The number of nitro benzene ring substituents is 1. The predicted octanol–water partition coefficient (Wildman–Crippen LogP) is 2.20. The van der Waals surface area contributed by atoms with Gasteiger partial charge < -0.3 is 5.32 Å². The first-order chi connectivity index (χ1) is 9.13. The number of likely N-dealkylation sites (tertiary alicyclic amines) is 1. The molecule has 1 heterocycles. The molecule has 2 atom stereocenters. The van der Waals surface area contributed by atoms with Crippen molar-refractivity contribution in [2.75, 3.05) is 26.7 Å². The molecule has 104 valence electrons. The van der Waals surface area contributed by atoms with Crippen molar-refractivity contribution in [2.24, 2.45) is 5.92 Å². The van der Waals surface area contributed by atoms with E-state index in [1.807, 2.05) is 6.07 Å². The fourth-order valence-corrected chi connectivity index (χ4v) is 2.92. The van der Waals surface area contributed by atoms with Crippen LogP contribution in [0.5, 0.6) is 0 Å². The van der Waals surface area contributed by atoms with E-state index in [9.17, 15) is 10.1 Å². The summed E-state index contributed by atoms with van der Waals surface area (Å²) < 4.78 is 0. The second-order valence-electron chi connectivity index (χ2n) is 5.13. The molecule has 1 aliphatic rings. The van der Waals surface area contributed by atoms with Crippen molar-refractivity contribution >= 4 is 5.69 Å². The summed E-state index contributed by atoms with van der Waals surface area (Å²) in [6.45, 7) is 5.07. The van der Waals surface area contributed by atoms with Crippen molar-refractivity contribution in [3.8, 4) is 0 Å². The SMILES string of the molecule is CCNCC1CCN(C)C1c1cccc([N+](=O)[O-])c1. The minimum Gasteiger partial charge on any atom is -0.317 e. The Morgan fingerprint density at radius 2 is 2.32 bits per heavy atom. The van der Waals surface area contributed by atoms with E-state index < -0.39 is 0 Å². The predicted molar refractivity (Wildman–Crippen MR) is 75.1 cm³/mol. The Morgan fingerprint density at radius 1 is 1.53 bits per heavy atom. The quantitative estimate of drug-likeness (QED) is 0.653. The lowest BCUT2D eigenvalue weighted by molar-refractivity contribution is -0.385. The molecular weight excluding hydrogens is 242 g/mol. The summed E-state index contributed by atoms with van der Waals surface area (Å²) in [6, 6.07) is 7.32. The smallest absolute Gasteiger partial charge is 0.269 e. The summed E-state index contributed by atoms with van der Waals surface area (Å²) >= 11 is 0. The number of nitrogens with one attached hydrogen (secondary N) is 1. The van der Waals surface area contributed by atoms with Crippen molar-refractivity contribution in [3.05, 3.63) is 39.9 Å². The third kappa shape index (κ3) is 3.11. The zero-order valence-corrected chi connectivity index (χ0v) is 11.5. The highest BCUT2D eigenvalue weighted by Gasteiger charge is 2.33. The molecular formula is C14H21N3O2. The Kier molecular flexibility index (Phi) is 4.50. The molecule has 5 nitrogen and oxygen atoms in total. The van der Waals surface area contributed by atoms with Crippen molar-refractivity contribution < 1.29 is 4.92 Å². The highest BCUT2D eigenvalue weighted by molar-refractivity contribution is 5.36. The molecule has 0 aromatic heterocycles. The Morgan fingerprint density at radius 3 is 3.00 bits per heavy atom. The number of nitrogens with zero attached hydrogens (tertiary/aromatic N) is 2. The van der Waals surface area contributed by atoms with E-state index >= 15 is 0 Å². The van der Waals surface area contributed by atoms with Gasteiger partial charge in [-0.3, -0.25) is 15.0 Å². The van der Waals surface area contributed by atoms with Gasteiger partial charge in [0.25, 0.3) is 5.69 Å². The average Bonchev–Trinajstić information content (AvgIpc) is 2.77. The van der Waals surface area contributed by atoms with Crippen LogP contribution in [0, 0.1) is 16.0 Å². The van der Waals surface area contributed by atoms with Crippen LogP contribution in [0.3, 0.4) is 0 Å². The van der Waals surface area contributed by atoms with Crippen LogP contribution in [-0.2, 0) is 0 Å². The third-order valence-corrected chi connectivity index (χ3v) is 3.85. The van der Waals surface area contributed by atoms with E-state index in [0.29, 0.717) is 5.92 Å².